The van der Waals surface area contributed by atoms with Gasteiger partial charge in [-0.3, -0.25) is 0 Å². The van der Waals surface area contributed by atoms with Gasteiger partial charge in [-0.15, -0.1) is 0 Å². The molecule has 0 amide bonds. The Kier molecular flexibility index (Phi) is 2.63. The number of hydrogen-bond donors (Lipinski definition) is 0. The quantitative estimate of drug-likeness (QED) is 0.779. The predicted octanol–water partition coefficient (Wildman–Crippen LogP) is 1.25. The molecule has 0 aliphatic carbocycles. The van der Waals surface area contributed by atoms with Crippen LogP contribution in [0.25, 0.3) is 5.69 Å². The first-order valence-corrected chi connectivity index (χ1v) is 6.25. The van der Waals surface area contributed by atoms with Crippen LogP contribution in [0.2, 0.25) is 5.02 Å². The van der Waals surface area contributed by atoms with Gasteiger partial charge in [0.1, 0.15) is 0 Å². The molecule has 1 aliphatic rings. The van der Waals surface area contributed by atoms with Crippen LogP contribution in [0.15, 0.2) is 33.9 Å². The minimum atomic E-state index is -0.276. The summed E-state index contributed by atoms with van der Waals surface area (Å²) in [6, 6.07) is 6.70. The van der Waals surface area contributed by atoms with Crippen molar-refractivity contribution in [3.8, 4) is 5.69 Å². The third-order valence-corrected chi connectivity index (χ3v) is 3.44. The molecule has 3 rings (SSSR count). The van der Waals surface area contributed by atoms with Crippen LogP contribution in [-0.4, -0.2) is 13.9 Å². The summed E-state index contributed by atoms with van der Waals surface area (Å²) in [6.45, 7) is 1.21. The first-order chi connectivity index (χ1) is 8.68. The van der Waals surface area contributed by atoms with E-state index in [1.165, 1.54) is 13.9 Å². The van der Waals surface area contributed by atoms with Crippen LogP contribution < -0.4 is 11.4 Å². The Morgan fingerprint density at radius 1 is 0.889 bits per heavy atom. The lowest BCUT2D eigenvalue weighted by Crippen LogP contribution is -2.30. The van der Waals surface area contributed by atoms with Crippen LogP contribution >= 0.6 is 11.6 Å². The molecule has 1 aromatic heterocycles. The van der Waals surface area contributed by atoms with Gasteiger partial charge in [0.05, 0.1) is 5.69 Å². The Morgan fingerprint density at radius 2 is 1.39 bits per heavy atom. The zero-order chi connectivity index (χ0) is 12.7. The molecule has 2 aromatic rings. The van der Waals surface area contributed by atoms with Gasteiger partial charge in [-0.1, -0.05) is 11.6 Å². The largest absolute Gasteiger partial charge is 0.351 e. The van der Waals surface area contributed by atoms with E-state index >= 15 is 0 Å². The zero-order valence-electron chi connectivity index (χ0n) is 9.67. The summed E-state index contributed by atoms with van der Waals surface area (Å²) in [5.74, 6) is 0. The second-order valence-electron chi connectivity index (χ2n) is 4.33. The third kappa shape index (κ3) is 1.62. The van der Waals surface area contributed by atoms with Crippen molar-refractivity contribution in [2.75, 3.05) is 0 Å². The lowest BCUT2D eigenvalue weighted by molar-refractivity contribution is 0.348. The van der Waals surface area contributed by atoms with E-state index in [0.29, 0.717) is 23.8 Å². The van der Waals surface area contributed by atoms with Crippen LogP contribution in [0.5, 0.6) is 0 Å². The minimum absolute atomic E-state index is 0.276. The second kappa shape index (κ2) is 4.17. The first-order valence-electron chi connectivity index (χ1n) is 5.87. The summed E-state index contributed by atoms with van der Waals surface area (Å²) in [6.07, 6.45) is 1.87. The molecular weight excluding hydrogens is 254 g/mol. The smallest absolute Gasteiger partial charge is 0.246 e. The summed E-state index contributed by atoms with van der Waals surface area (Å²) in [5, 5.41) is 0.580. The standard InChI is InChI=1S/C12H12ClN3O2/c13-9-3-5-10(6-4-9)16-11(17)14-7-1-2-8-15(14)12(16)18/h3-6H,1-2,7-8H2. The van der Waals surface area contributed by atoms with E-state index < -0.39 is 0 Å². The molecule has 0 N–H and O–H groups in total. The summed E-state index contributed by atoms with van der Waals surface area (Å²) in [5.41, 5.74) is 0.00726. The minimum Gasteiger partial charge on any atom is -0.246 e. The fourth-order valence-electron chi connectivity index (χ4n) is 2.29. The lowest BCUT2D eigenvalue weighted by atomic mass is 10.3. The predicted molar refractivity (Wildman–Crippen MR) is 68.5 cm³/mol. The maximum atomic E-state index is 12.2. The van der Waals surface area contributed by atoms with Crippen molar-refractivity contribution in [2.24, 2.45) is 0 Å². The second-order valence-corrected chi connectivity index (χ2v) is 4.77. The number of aromatic nitrogens is 3. The molecule has 0 spiro atoms. The topological polar surface area (TPSA) is 48.9 Å². The van der Waals surface area contributed by atoms with Crippen LogP contribution in [0.3, 0.4) is 0 Å². The van der Waals surface area contributed by atoms with Crippen molar-refractivity contribution in [1.82, 2.24) is 13.9 Å². The molecule has 0 unspecified atom stereocenters. The number of rotatable bonds is 1. The van der Waals surface area contributed by atoms with Crippen molar-refractivity contribution in [3.05, 3.63) is 50.3 Å². The average Bonchev–Trinajstić information content (AvgIpc) is 2.64. The number of benzene rings is 1. The van der Waals surface area contributed by atoms with Crippen LogP contribution in [0, 0.1) is 0 Å². The lowest BCUT2D eigenvalue weighted by Gasteiger charge is -2.13. The van der Waals surface area contributed by atoms with Gasteiger partial charge in [0.2, 0.25) is 0 Å². The van der Waals surface area contributed by atoms with E-state index in [1.807, 2.05) is 0 Å². The van der Waals surface area contributed by atoms with Gasteiger partial charge in [-0.25, -0.2) is 23.5 Å². The molecule has 1 aromatic carbocycles. The highest BCUT2D eigenvalue weighted by molar-refractivity contribution is 6.30. The van der Waals surface area contributed by atoms with Crippen LogP contribution in [0.1, 0.15) is 12.8 Å². The van der Waals surface area contributed by atoms with Crippen molar-refractivity contribution in [3.63, 3.8) is 0 Å². The van der Waals surface area contributed by atoms with Crippen molar-refractivity contribution in [1.29, 1.82) is 0 Å². The molecule has 6 heteroatoms. The van der Waals surface area contributed by atoms with Crippen molar-refractivity contribution >= 4 is 11.6 Å². The molecule has 0 bridgehead atoms. The van der Waals surface area contributed by atoms with E-state index in [1.54, 1.807) is 24.3 Å². The van der Waals surface area contributed by atoms with E-state index in [-0.39, 0.29) is 11.4 Å². The SMILES string of the molecule is O=c1n(-c2ccc(Cl)cc2)c(=O)n2n1CCCC2. The van der Waals surface area contributed by atoms with Gasteiger partial charge in [-0.2, -0.15) is 0 Å². The fraction of sp³-hybridized carbons (Fsp3) is 0.333. The van der Waals surface area contributed by atoms with Crippen molar-refractivity contribution in [2.45, 2.75) is 25.9 Å². The van der Waals surface area contributed by atoms with E-state index in [2.05, 4.69) is 0 Å². The van der Waals surface area contributed by atoms with Crippen molar-refractivity contribution < 1.29 is 0 Å². The summed E-state index contributed by atoms with van der Waals surface area (Å²) in [4.78, 5) is 24.4. The molecule has 5 nitrogen and oxygen atoms in total. The highest BCUT2D eigenvalue weighted by Crippen LogP contribution is 2.11. The summed E-state index contributed by atoms with van der Waals surface area (Å²) < 4.78 is 4.22. The zero-order valence-corrected chi connectivity index (χ0v) is 10.4. The monoisotopic (exact) mass is 265 g/mol. The molecule has 0 atom stereocenters. The Labute approximate surface area is 108 Å². The Bertz CT molecular complexity index is 656. The molecule has 0 saturated carbocycles. The average molecular weight is 266 g/mol. The number of hydrogen-bond acceptors (Lipinski definition) is 2. The molecule has 1 aliphatic heterocycles. The van der Waals surface area contributed by atoms with Gasteiger partial charge >= 0.3 is 11.4 Å². The maximum absolute atomic E-state index is 12.2. The van der Waals surface area contributed by atoms with Gasteiger partial charge in [-0.05, 0) is 37.1 Å². The van der Waals surface area contributed by atoms with Gasteiger partial charge < -0.3 is 0 Å². The molecule has 18 heavy (non-hydrogen) atoms. The highest BCUT2D eigenvalue weighted by atomic mass is 35.5. The fourth-order valence-corrected chi connectivity index (χ4v) is 2.41. The van der Waals surface area contributed by atoms with E-state index in [4.69, 9.17) is 11.6 Å². The number of nitrogens with zero attached hydrogens (tertiary/aromatic N) is 3. The Balaban J connectivity index is 2.24. The van der Waals surface area contributed by atoms with E-state index in [0.717, 1.165) is 12.8 Å². The Hall–Kier alpha value is -1.75. The molecule has 0 fully saturated rings. The van der Waals surface area contributed by atoms with Crippen LogP contribution in [-0.2, 0) is 13.1 Å². The third-order valence-electron chi connectivity index (χ3n) is 3.19. The molecular formula is C12H12ClN3O2. The van der Waals surface area contributed by atoms with E-state index in [9.17, 15) is 9.59 Å². The van der Waals surface area contributed by atoms with Gasteiger partial charge in [0, 0.05) is 18.1 Å². The van der Waals surface area contributed by atoms with Gasteiger partial charge in [0.25, 0.3) is 0 Å². The molecule has 0 saturated heterocycles. The normalized spacial score (nSPS) is 14.5. The Morgan fingerprint density at radius 3 is 1.89 bits per heavy atom. The summed E-state index contributed by atoms with van der Waals surface area (Å²) >= 11 is 5.80. The van der Waals surface area contributed by atoms with Gasteiger partial charge in [0.15, 0.2) is 0 Å². The van der Waals surface area contributed by atoms with Crippen LogP contribution in [0.4, 0.5) is 0 Å². The number of fused-ring (bicyclic) bond motifs is 1. The molecule has 0 radical (unpaired) electrons. The number of halogens is 1. The molecule has 94 valence electrons. The maximum Gasteiger partial charge on any atom is 0.351 e. The first kappa shape index (κ1) is 11.3. The summed E-state index contributed by atoms with van der Waals surface area (Å²) in [7, 11) is 0. The molecule has 2 heterocycles. The highest BCUT2D eigenvalue weighted by Gasteiger charge is 2.19.